The third-order valence-electron chi connectivity index (χ3n) is 2.35. The maximum absolute atomic E-state index is 12.8. The molecule has 1 atom stereocenters. The second kappa shape index (κ2) is 4.99. The first-order valence-corrected chi connectivity index (χ1v) is 6.67. The van der Waals surface area contributed by atoms with Crippen LogP contribution in [0.4, 0.5) is 8.78 Å². The van der Waals surface area contributed by atoms with Crippen molar-refractivity contribution in [3.8, 4) is 0 Å². The van der Waals surface area contributed by atoms with Gasteiger partial charge in [-0.3, -0.25) is 0 Å². The summed E-state index contributed by atoms with van der Waals surface area (Å²) < 4.78 is 31.2. The highest BCUT2D eigenvalue weighted by atomic mass is 79.9. The van der Waals surface area contributed by atoms with Crippen molar-refractivity contribution in [2.75, 3.05) is 6.54 Å². The van der Waals surface area contributed by atoms with Crippen LogP contribution in [-0.2, 0) is 16.1 Å². The molecule has 0 radical (unpaired) electrons. The van der Waals surface area contributed by atoms with Gasteiger partial charge in [0.1, 0.15) is 6.10 Å². The van der Waals surface area contributed by atoms with Gasteiger partial charge in [-0.05, 0) is 22.0 Å². The molecule has 0 aromatic carbocycles. The van der Waals surface area contributed by atoms with E-state index in [1.807, 2.05) is 11.4 Å². The van der Waals surface area contributed by atoms with Gasteiger partial charge in [-0.25, -0.2) is 4.79 Å². The van der Waals surface area contributed by atoms with Crippen molar-refractivity contribution < 1.29 is 18.3 Å². The standard InChI is InChI=1S/C10H10BrF2NO2S/c11-6-1-8(17-5-6)4-14-3-7-2-10(12,13)9(15)16-7/h1,5,7,14H,2-4H2. The summed E-state index contributed by atoms with van der Waals surface area (Å²) >= 11 is 4.89. The zero-order valence-electron chi connectivity index (χ0n) is 8.71. The molecule has 0 saturated carbocycles. The molecule has 2 rings (SSSR count). The van der Waals surface area contributed by atoms with Crippen LogP contribution in [0, 0.1) is 0 Å². The number of thiophene rings is 1. The van der Waals surface area contributed by atoms with Crippen LogP contribution in [0.5, 0.6) is 0 Å². The smallest absolute Gasteiger partial charge is 0.377 e. The number of carbonyl (C=O) groups is 1. The number of rotatable bonds is 4. The summed E-state index contributed by atoms with van der Waals surface area (Å²) in [5.41, 5.74) is 0. The minimum absolute atomic E-state index is 0.247. The first-order chi connectivity index (χ1) is 7.97. The number of ether oxygens (including phenoxy) is 1. The monoisotopic (exact) mass is 325 g/mol. The van der Waals surface area contributed by atoms with Gasteiger partial charge in [0.05, 0.1) is 6.42 Å². The molecule has 1 N–H and O–H groups in total. The van der Waals surface area contributed by atoms with Crippen LogP contribution in [0.25, 0.3) is 0 Å². The number of cyclic esters (lactones) is 1. The number of esters is 1. The third kappa shape index (κ3) is 3.23. The molecular weight excluding hydrogens is 316 g/mol. The van der Waals surface area contributed by atoms with Crippen molar-refractivity contribution in [3.63, 3.8) is 0 Å². The molecule has 3 nitrogen and oxygen atoms in total. The van der Waals surface area contributed by atoms with Gasteiger partial charge in [0.15, 0.2) is 0 Å². The molecule has 1 aromatic rings. The molecule has 1 aliphatic heterocycles. The fraction of sp³-hybridized carbons (Fsp3) is 0.500. The lowest BCUT2D eigenvalue weighted by molar-refractivity contribution is -0.159. The van der Waals surface area contributed by atoms with Gasteiger partial charge >= 0.3 is 11.9 Å². The molecule has 1 saturated heterocycles. The Morgan fingerprint density at radius 2 is 2.41 bits per heavy atom. The molecule has 1 aromatic heterocycles. The van der Waals surface area contributed by atoms with E-state index in [1.54, 1.807) is 11.3 Å². The van der Waals surface area contributed by atoms with E-state index in [2.05, 4.69) is 26.0 Å². The summed E-state index contributed by atoms with van der Waals surface area (Å²) in [5, 5.41) is 4.94. The maximum Gasteiger partial charge on any atom is 0.377 e. The number of alkyl halides is 2. The molecule has 1 unspecified atom stereocenters. The molecule has 94 valence electrons. The fourth-order valence-electron chi connectivity index (χ4n) is 1.57. The van der Waals surface area contributed by atoms with Crippen LogP contribution in [0.2, 0.25) is 0 Å². The minimum atomic E-state index is -3.32. The highest BCUT2D eigenvalue weighted by molar-refractivity contribution is 9.10. The molecule has 0 aliphatic carbocycles. The SMILES string of the molecule is O=C1OC(CNCc2cc(Br)cs2)CC1(F)F. The van der Waals surface area contributed by atoms with E-state index in [4.69, 9.17) is 0 Å². The molecular formula is C10H10BrF2NO2S. The van der Waals surface area contributed by atoms with Gasteiger partial charge in [-0.2, -0.15) is 8.78 Å². The maximum atomic E-state index is 12.8. The lowest BCUT2D eigenvalue weighted by Crippen LogP contribution is -2.26. The predicted molar refractivity (Wildman–Crippen MR) is 63.2 cm³/mol. The fourth-order valence-corrected chi connectivity index (χ4v) is 2.99. The second-order valence-electron chi connectivity index (χ2n) is 3.80. The van der Waals surface area contributed by atoms with Crippen molar-refractivity contribution in [2.24, 2.45) is 0 Å². The summed E-state index contributed by atoms with van der Waals surface area (Å²) in [5.74, 6) is -4.73. The molecule has 0 spiro atoms. The van der Waals surface area contributed by atoms with E-state index in [9.17, 15) is 13.6 Å². The average Bonchev–Trinajstić information content (AvgIpc) is 2.73. The summed E-state index contributed by atoms with van der Waals surface area (Å²) in [7, 11) is 0. The molecule has 0 bridgehead atoms. The lowest BCUT2D eigenvalue weighted by atomic mass is 10.2. The zero-order valence-corrected chi connectivity index (χ0v) is 11.1. The quantitative estimate of drug-likeness (QED) is 0.865. The Bertz CT molecular complexity index is 424. The van der Waals surface area contributed by atoms with Gasteiger partial charge in [-0.1, -0.05) is 0 Å². The van der Waals surface area contributed by atoms with Gasteiger partial charge in [0.25, 0.3) is 0 Å². The van der Waals surface area contributed by atoms with Crippen LogP contribution in [-0.4, -0.2) is 24.5 Å². The third-order valence-corrected chi connectivity index (χ3v) is 4.05. The van der Waals surface area contributed by atoms with E-state index in [-0.39, 0.29) is 6.54 Å². The second-order valence-corrected chi connectivity index (χ2v) is 5.71. The van der Waals surface area contributed by atoms with E-state index < -0.39 is 24.4 Å². The van der Waals surface area contributed by atoms with Gasteiger partial charge in [-0.15, -0.1) is 11.3 Å². The highest BCUT2D eigenvalue weighted by Gasteiger charge is 2.50. The Kier molecular flexibility index (Phi) is 3.79. The summed E-state index contributed by atoms with van der Waals surface area (Å²) in [4.78, 5) is 11.8. The predicted octanol–water partition coefficient (Wildman–Crippen LogP) is 2.55. The number of halogens is 3. The van der Waals surface area contributed by atoms with E-state index in [0.717, 1.165) is 9.35 Å². The summed E-state index contributed by atoms with van der Waals surface area (Å²) in [6, 6.07) is 1.95. The van der Waals surface area contributed by atoms with Gasteiger partial charge in [0.2, 0.25) is 0 Å². The summed E-state index contributed by atoms with van der Waals surface area (Å²) in [6.45, 7) is 0.826. The highest BCUT2D eigenvalue weighted by Crippen LogP contribution is 2.30. The zero-order chi connectivity index (χ0) is 12.5. The van der Waals surface area contributed by atoms with E-state index in [1.165, 1.54) is 0 Å². The van der Waals surface area contributed by atoms with Crippen molar-refractivity contribution >= 4 is 33.2 Å². The number of hydrogen-bond acceptors (Lipinski definition) is 4. The Labute approximate surface area is 109 Å². The largest absolute Gasteiger partial charge is 0.456 e. The number of hydrogen-bond donors (Lipinski definition) is 1. The van der Waals surface area contributed by atoms with Crippen molar-refractivity contribution in [1.82, 2.24) is 5.32 Å². The van der Waals surface area contributed by atoms with Gasteiger partial charge < -0.3 is 10.1 Å². The Morgan fingerprint density at radius 3 is 2.94 bits per heavy atom. The van der Waals surface area contributed by atoms with Crippen LogP contribution < -0.4 is 5.32 Å². The minimum Gasteiger partial charge on any atom is -0.456 e. The molecule has 0 amide bonds. The molecule has 2 heterocycles. The summed E-state index contributed by atoms with van der Waals surface area (Å²) in [6.07, 6.45) is -1.27. The van der Waals surface area contributed by atoms with Crippen molar-refractivity contribution in [3.05, 3.63) is 20.8 Å². The molecule has 1 fully saturated rings. The van der Waals surface area contributed by atoms with Crippen LogP contribution in [0.1, 0.15) is 11.3 Å². The molecule has 1 aliphatic rings. The van der Waals surface area contributed by atoms with Crippen LogP contribution >= 0.6 is 27.3 Å². The molecule has 7 heteroatoms. The first kappa shape index (κ1) is 12.9. The van der Waals surface area contributed by atoms with Gasteiger partial charge in [0, 0.05) is 27.8 Å². The average molecular weight is 326 g/mol. The first-order valence-electron chi connectivity index (χ1n) is 5.00. The van der Waals surface area contributed by atoms with E-state index >= 15 is 0 Å². The Hall–Kier alpha value is -0.530. The topological polar surface area (TPSA) is 38.3 Å². The normalized spacial score (nSPS) is 22.8. The molecule has 17 heavy (non-hydrogen) atoms. The Morgan fingerprint density at radius 1 is 1.65 bits per heavy atom. The van der Waals surface area contributed by atoms with Crippen molar-refractivity contribution in [2.45, 2.75) is 25.0 Å². The number of carbonyl (C=O) groups excluding carboxylic acids is 1. The Balaban J connectivity index is 1.75. The van der Waals surface area contributed by atoms with Crippen LogP contribution in [0.3, 0.4) is 0 Å². The van der Waals surface area contributed by atoms with E-state index in [0.29, 0.717) is 6.54 Å². The lowest BCUT2D eigenvalue weighted by Gasteiger charge is -2.08. The van der Waals surface area contributed by atoms with Crippen LogP contribution in [0.15, 0.2) is 15.9 Å². The van der Waals surface area contributed by atoms with Crippen molar-refractivity contribution in [1.29, 1.82) is 0 Å². The number of nitrogens with one attached hydrogen (secondary N) is 1.